The van der Waals surface area contributed by atoms with Crippen LogP contribution in [-0.2, 0) is 9.53 Å². The predicted octanol–water partition coefficient (Wildman–Crippen LogP) is 4.91. The van der Waals surface area contributed by atoms with Crippen LogP contribution >= 0.6 is 15.9 Å². The molecule has 0 amide bonds. The van der Waals surface area contributed by atoms with Gasteiger partial charge in [-0.15, -0.1) is 0 Å². The average molecular weight is 375 g/mol. The molecule has 0 bridgehead atoms. The Morgan fingerprint density at radius 1 is 1.04 bits per heavy atom. The Kier molecular flexibility index (Phi) is 7.42. The van der Waals surface area contributed by atoms with E-state index < -0.39 is 5.97 Å². The molecule has 0 fully saturated rings. The molecule has 2 aromatic rings. The Hall–Kier alpha value is -2.20. The maximum absolute atomic E-state index is 12.7. The van der Waals surface area contributed by atoms with Gasteiger partial charge in [-0.3, -0.25) is 4.79 Å². The molecule has 0 aliphatic rings. The lowest BCUT2D eigenvalue weighted by Gasteiger charge is -2.08. The van der Waals surface area contributed by atoms with E-state index in [-0.39, 0.29) is 25.4 Å². The van der Waals surface area contributed by atoms with Gasteiger partial charge in [0.2, 0.25) is 5.78 Å². The molecule has 0 radical (unpaired) electrons. The summed E-state index contributed by atoms with van der Waals surface area (Å²) in [7, 11) is 0. The third-order valence-corrected chi connectivity index (χ3v) is 3.66. The monoisotopic (exact) mass is 374 g/mol. The number of ether oxygens (including phenoxy) is 1. The van der Waals surface area contributed by atoms with E-state index in [2.05, 4.69) is 15.9 Å². The van der Waals surface area contributed by atoms with Crippen molar-refractivity contribution < 1.29 is 14.3 Å². The van der Waals surface area contributed by atoms with Gasteiger partial charge in [-0.05, 0) is 30.7 Å². The topological polar surface area (TPSA) is 43.4 Å². The van der Waals surface area contributed by atoms with E-state index in [1.54, 1.807) is 31.2 Å². The molecule has 0 atom stereocenters. The zero-order valence-corrected chi connectivity index (χ0v) is 13.7. The maximum atomic E-state index is 12.7. The molecule has 2 rings (SSSR count). The lowest BCUT2D eigenvalue weighted by molar-refractivity contribution is -0.137. The largest absolute Gasteiger partial charge is 0.462 e. The molecule has 4 heteroatoms. The lowest BCUT2D eigenvalue weighted by Crippen LogP contribution is -2.16. The number of ketones is 1. The van der Waals surface area contributed by atoms with Crippen LogP contribution in [0, 0.1) is 0 Å². The van der Waals surface area contributed by atoms with Gasteiger partial charge < -0.3 is 4.74 Å². The average Bonchev–Trinajstić information content (AvgIpc) is 2.53. The highest BCUT2D eigenvalue weighted by Crippen LogP contribution is 2.21. The van der Waals surface area contributed by atoms with Crippen LogP contribution in [0.5, 0.6) is 0 Å². The first-order chi connectivity index (χ1) is 10.6. The molecule has 0 aliphatic carbocycles. The number of rotatable bonds is 5. The Morgan fingerprint density at radius 3 is 2.26 bits per heavy atom. The third-order valence-electron chi connectivity index (χ3n) is 2.97. The number of halogens is 1. The molecule has 0 unspecified atom stereocenters. The number of benzene rings is 2. The van der Waals surface area contributed by atoms with Crippen molar-refractivity contribution in [1.82, 2.24) is 0 Å². The van der Waals surface area contributed by atoms with Crippen molar-refractivity contribution in [3.05, 3.63) is 75.8 Å². The fraction of sp³-hybridized carbons (Fsp3) is 0.158. The van der Waals surface area contributed by atoms with E-state index in [4.69, 9.17) is 4.74 Å². The standard InChI is InChI=1S/C18H15BrO3.CH4/c1-2-22-18(21)15(12-13-8-4-3-5-9-13)17(20)14-10-6-7-11-16(14)19;/h3-12H,2H2,1H3;1H4/b15-12-;. The zero-order valence-electron chi connectivity index (χ0n) is 12.1. The van der Waals surface area contributed by atoms with Crippen molar-refractivity contribution in [3.8, 4) is 0 Å². The summed E-state index contributed by atoms with van der Waals surface area (Å²) >= 11 is 3.34. The van der Waals surface area contributed by atoms with E-state index in [1.807, 2.05) is 36.4 Å². The van der Waals surface area contributed by atoms with Gasteiger partial charge in [0.1, 0.15) is 5.57 Å². The van der Waals surface area contributed by atoms with Crippen molar-refractivity contribution in [2.45, 2.75) is 14.4 Å². The molecule has 0 saturated heterocycles. The predicted molar refractivity (Wildman–Crippen MR) is 96.3 cm³/mol. The number of carbonyl (C=O) groups is 2. The van der Waals surface area contributed by atoms with Gasteiger partial charge in [0.25, 0.3) is 0 Å². The second-order valence-electron chi connectivity index (χ2n) is 4.50. The molecule has 0 spiro atoms. The van der Waals surface area contributed by atoms with Gasteiger partial charge in [0.15, 0.2) is 0 Å². The third kappa shape index (κ3) is 4.89. The highest BCUT2D eigenvalue weighted by atomic mass is 79.9. The molecular weight excluding hydrogens is 356 g/mol. The summed E-state index contributed by atoms with van der Waals surface area (Å²) in [6.07, 6.45) is 1.56. The van der Waals surface area contributed by atoms with Gasteiger partial charge in [0.05, 0.1) is 6.61 Å². The highest BCUT2D eigenvalue weighted by molar-refractivity contribution is 9.10. The summed E-state index contributed by atoms with van der Waals surface area (Å²) < 4.78 is 5.66. The summed E-state index contributed by atoms with van der Waals surface area (Å²) in [6, 6.07) is 16.2. The lowest BCUT2D eigenvalue weighted by atomic mass is 10.0. The van der Waals surface area contributed by atoms with Crippen molar-refractivity contribution in [1.29, 1.82) is 0 Å². The second kappa shape index (κ2) is 9.06. The minimum atomic E-state index is -0.618. The van der Waals surface area contributed by atoms with Crippen LogP contribution in [0.4, 0.5) is 0 Å². The smallest absolute Gasteiger partial charge is 0.342 e. The summed E-state index contributed by atoms with van der Waals surface area (Å²) in [6.45, 7) is 1.93. The number of Topliss-reactive ketones (excluding diaryl/α,β-unsaturated/α-hetero) is 1. The molecule has 2 aromatic carbocycles. The molecule has 3 nitrogen and oxygen atoms in total. The Morgan fingerprint density at radius 2 is 1.65 bits per heavy atom. The fourth-order valence-electron chi connectivity index (χ4n) is 1.93. The molecule has 23 heavy (non-hydrogen) atoms. The van der Waals surface area contributed by atoms with E-state index >= 15 is 0 Å². The Bertz CT molecular complexity index is 706. The van der Waals surface area contributed by atoms with Crippen LogP contribution in [0.15, 0.2) is 64.6 Å². The minimum absolute atomic E-state index is 0. The van der Waals surface area contributed by atoms with Crippen molar-refractivity contribution in [3.63, 3.8) is 0 Å². The van der Waals surface area contributed by atoms with E-state index in [1.165, 1.54) is 0 Å². The number of hydrogen-bond donors (Lipinski definition) is 0. The second-order valence-corrected chi connectivity index (χ2v) is 5.35. The normalized spacial score (nSPS) is 10.6. The van der Waals surface area contributed by atoms with Crippen molar-refractivity contribution in [2.75, 3.05) is 6.61 Å². The van der Waals surface area contributed by atoms with Crippen LogP contribution in [0.2, 0.25) is 0 Å². The van der Waals surface area contributed by atoms with Gasteiger partial charge >= 0.3 is 5.97 Å². The summed E-state index contributed by atoms with van der Waals surface area (Å²) in [4.78, 5) is 24.8. The molecule has 0 aliphatic heterocycles. The van der Waals surface area contributed by atoms with E-state index in [0.717, 1.165) is 5.56 Å². The van der Waals surface area contributed by atoms with Crippen molar-refractivity contribution >= 4 is 33.8 Å². The summed E-state index contributed by atoms with van der Waals surface area (Å²) in [5.74, 6) is -0.984. The van der Waals surface area contributed by atoms with Crippen LogP contribution in [0.25, 0.3) is 6.08 Å². The molecule has 0 saturated carbocycles. The summed E-state index contributed by atoms with van der Waals surface area (Å²) in [5.41, 5.74) is 1.21. The number of esters is 1. The van der Waals surface area contributed by atoms with Gasteiger partial charge in [-0.2, -0.15) is 0 Å². The fourth-order valence-corrected chi connectivity index (χ4v) is 2.40. The van der Waals surface area contributed by atoms with Gasteiger partial charge in [-0.25, -0.2) is 4.79 Å². The van der Waals surface area contributed by atoms with Gasteiger partial charge in [0, 0.05) is 10.0 Å². The van der Waals surface area contributed by atoms with Gasteiger partial charge in [-0.1, -0.05) is 65.8 Å². The first-order valence-electron chi connectivity index (χ1n) is 6.86. The Labute approximate surface area is 145 Å². The molecule has 120 valence electrons. The summed E-state index contributed by atoms with van der Waals surface area (Å²) in [5, 5.41) is 0. The van der Waals surface area contributed by atoms with Crippen LogP contribution in [0.1, 0.15) is 30.3 Å². The SMILES string of the molecule is C.CCOC(=O)/C(=C\c1ccccc1)C(=O)c1ccccc1Br. The minimum Gasteiger partial charge on any atom is -0.462 e. The number of hydrogen-bond acceptors (Lipinski definition) is 3. The van der Waals surface area contributed by atoms with Crippen LogP contribution in [0.3, 0.4) is 0 Å². The first-order valence-corrected chi connectivity index (χ1v) is 7.66. The van der Waals surface area contributed by atoms with E-state index in [0.29, 0.717) is 10.0 Å². The van der Waals surface area contributed by atoms with Crippen LogP contribution in [-0.4, -0.2) is 18.4 Å². The van der Waals surface area contributed by atoms with Crippen molar-refractivity contribution in [2.24, 2.45) is 0 Å². The molecule has 0 N–H and O–H groups in total. The maximum Gasteiger partial charge on any atom is 0.342 e. The zero-order chi connectivity index (χ0) is 15.9. The van der Waals surface area contributed by atoms with Crippen LogP contribution < -0.4 is 0 Å². The highest BCUT2D eigenvalue weighted by Gasteiger charge is 2.22. The number of carbonyl (C=O) groups excluding carboxylic acids is 2. The quantitative estimate of drug-likeness (QED) is 0.245. The molecule has 0 heterocycles. The first kappa shape index (κ1) is 18.8. The molecular formula is C19H19BrO3. The van der Waals surface area contributed by atoms with E-state index in [9.17, 15) is 9.59 Å². The Balaban J connectivity index is 0.00000264. The molecule has 0 aromatic heterocycles.